The minimum absolute atomic E-state index is 0.00315. The normalized spacial score (nSPS) is 12.6. The van der Waals surface area contributed by atoms with Crippen molar-refractivity contribution in [2.75, 3.05) is 5.32 Å². The third-order valence-electron chi connectivity index (χ3n) is 5.27. The van der Waals surface area contributed by atoms with Crippen LogP contribution in [0.5, 0.6) is 5.75 Å². The highest BCUT2D eigenvalue weighted by Gasteiger charge is 2.20. The molecule has 1 aliphatic rings. The van der Waals surface area contributed by atoms with Crippen LogP contribution in [-0.4, -0.2) is 26.6 Å². The molecule has 148 valence electrons. The van der Waals surface area contributed by atoms with Crippen LogP contribution in [0.25, 0.3) is 5.69 Å². The number of aromatic hydroxyl groups is 1. The third-order valence-corrected chi connectivity index (χ3v) is 5.27. The largest absolute Gasteiger partial charge is 0.508 e. The number of nitrogens with zero attached hydrogens (tertiary/aromatic N) is 2. The van der Waals surface area contributed by atoms with Crippen molar-refractivity contribution in [2.24, 2.45) is 5.73 Å². The molecular formula is C22H23N5O2. The van der Waals surface area contributed by atoms with E-state index in [0.717, 1.165) is 24.2 Å². The highest BCUT2D eigenvalue weighted by Crippen LogP contribution is 2.27. The number of nitrogen functional groups attached to an aromatic ring is 1. The van der Waals surface area contributed by atoms with Crippen LogP contribution in [-0.2, 0) is 24.1 Å². The standard InChI is InChI=1S/C22H23N5O2/c1-13-18-3-2-4-19(18)27(26-13)17-8-6-16(7-9-17)25-21(29)12-15-11-14(22(23)24)5-10-20(15)28/h5-11,28H,2-4,12H2,1H3,(H3,23,24)(H,25,29). The second kappa shape index (κ2) is 7.43. The Morgan fingerprint density at radius 3 is 2.72 bits per heavy atom. The smallest absolute Gasteiger partial charge is 0.228 e. The number of amides is 1. The SMILES string of the molecule is Cc1nn(-c2ccc(NC(=O)Cc3cc(C(=N)N)ccc3O)cc2)c2c1CCC2. The van der Waals surface area contributed by atoms with Crippen LogP contribution in [0, 0.1) is 12.3 Å². The molecule has 0 saturated heterocycles. The molecule has 4 rings (SSSR count). The van der Waals surface area contributed by atoms with Gasteiger partial charge in [0, 0.05) is 22.5 Å². The van der Waals surface area contributed by atoms with E-state index >= 15 is 0 Å². The monoisotopic (exact) mass is 389 g/mol. The van der Waals surface area contributed by atoms with E-state index in [0.29, 0.717) is 16.8 Å². The van der Waals surface area contributed by atoms with Gasteiger partial charge in [-0.2, -0.15) is 5.10 Å². The number of benzene rings is 2. The molecule has 0 saturated carbocycles. The van der Waals surface area contributed by atoms with E-state index in [2.05, 4.69) is 10.4 Å². The van der Waals surface area contributed by atoms with Gasteiger partial charge in [0.1, 0.15) is 11.6 Å². The fourth-order valence-corrected chi connectivity index (χ4v) is 3.79. The predicted molar refractivity (Wildman–Crippen MR) is 112 cm³/mol. The maximum absolute atomic E-state index is 12.4. The van der Waals surface area contributed by atoms with Crippen LogP contribution < -0.4 is 11.1 Å². The van der Waals surface area contributed by atoms with Crippen molar-refractivity contribution in [3.8, 4) is 11.4 Å². The number of phenols is 1. The van der Waals surface area contributed by atoms with Gasteiger partial charge in [-0.15, -0.1) is 0 Å². The lowest BCUT2D eigenvalue weighted by atomic mass is 10.1. The molecule has 7 heteroatoms. The van der Waals surface area contributed by atoms with E-state index in [1.165, 1.54) is 23.7 Å². The van der Waals surface area contributed by atoms with Gasteiger partial charge < -0.3 is 16.2 Å². The predicted octanol–water partition coefficient (Wildman–Crippen LogP) is 2.84. The summed E-state index contributed by atoms with van der Waals surface area (Å²) in [6.07, 6.45) is 3.28. The van der Waals surface area contributed by atoms with Gasteiger partial charge in [-0.25, -0.2) is 4.68 Å². The quantitative estimate of drug-likeness (QED) is 0.396. The highest BCUT2D eigenvalue weighted by atomic mass is 16.3. The van der Waals surface area contributed by atoms with E-state index in [-0.39, 0.29) is 23.9 Å². The van der Waals surface area contributed by atoms with Crippen LogP contribution >= 0.6 is 0 Å². The van der Waals surface area contributed by atoms with Crippen molar-refractivity contribution >= 4 is 17.4 Å². The van der Waals surface area contributed by atoms with E-state index in [1.807, 2.05) is 35.9 Å². The first-order valence-corrected chi connectivity index (χ1v) is 9.56. The molecular weight excluding hydrogens is 366 g/mol. The Labute approximate surface area is 168 Å². The second-order valence-corrected chi connectivity index (χ2v) is 7.31. The number of hydrogen-bond acceptors (Lipinski definition) is 4. The van der Waals surface area contributed by atoms with Gasteiger partial charge in [0.15, 0.2) is 0 Å². The van der Waals surface area contributed by atoms with E-state index in [1.54, 1.807) is 12.1 Å². The molecule has 5 N–H and O–H groups in total. The molecule has 0 fully saturated rings. The Hall–Kier alpha value is -3.61. The maximum Gasteiger partial charge on any atom is 0.228 e. The van der Waals surface area contributed by atoms with Gasteiger partial charge in [-0.3, -0.25) is 10.2 Å². The Morgan fingerprint density at radius 2 is 2.00 bits per heavy atom. The minimum atomic E-state index is -0.260. The molecule has 1 amide bonds. The van der Waals surface area contributed by atoms with Crippen LogP contribution in [0.15, 0.2) is 42.5 Å². The second-order valence-electron chi connectivity index (χ2n) is 7.31. The molecule has 29 heavy (non-hydrogen) atoms. The molecule has 0 atom stereocenters. The lowest BCUT2D eigenvalue weighted by Crippen LogP contribution is -2.16. The van der Waals surface area contributed by atoms with Crippen molar-refractivity contribution in [1.29, 1.82) is 5.41 Å². The Balaban J connectivity index is 1.47. The van der Waals surface area contributed by atoms with Crippen LogP contribution in [0.1, 0.15) is 34.5 Å². The van der Waals surface area contributed by atoms with E-state index in [9.17, 15) is 9.90 Å². The Kier molecular flexibility index (Phi) is 4.80. The number of fused-ring (bicyclic) bond motifs is 1. The molecule has 3 aromatic rings. The van der Waals surface area contributed by atoms with Gasteiger partial charge in [0.25, 0.3) is 0 Å². The van der Waals surface area contributed by atoms with Gasteiger partial charge >= 0.3 is 0 Å². The number of rotatable bonds is 5. The summed E-state index contributed by atoms with van der Waals surface area (Å²) in [4.78, 5) is 12.4. The summed E-state index contributed by atoms with van der Waals surface area (Å²) >= 11 is 0. The summed E-state index contributed by atoms with van der Waals surface area (Å²) in [5.74, 6) is -0.365. The van der Waals surface area contributed by atoms with Gasteiger partial charge in [0.05, 0.1) is 17.8 Å². The lowest BCUT2D eigenvalue weighted by molar-refractivity contribution is -0.115. The summed E-state index contributed by atoms with van der Waals surface area (Å²) in [5, 5.41) is 25.0. The molecule has 1 aromatic heterocycles. The van der Waals surface area contributed by atoms with Crippen LogP contribution in [0.3, 0.4) is 0 Å². The summed E-state index contributed by atoms with van der Waals surface area (Å²) in [6, 6.07) is 12.1. The first-order chi connectivity index (χ1) is 13.9. The molecule has 0 aliphatic heterocycles. The summed E-state index contributed by atoms with van der Waals surface area (Å²) in [7, 11) is 0. The number of aryl methyl sites for hydroxylation is 1. The molecule has 2 aromatic carbocycles. The number of amidine groups is 1. The molecule has 0 radical (unpaired) electrons. The third kappa shape index (κ3) is 3.71. The molecule has 1 aliphatic carbocycles. The van der Waals surface area contributed by atoms with Crippen molar-refractivity contribution in [1.82, 2.24) is 9.78 Å². The number of carbonyl (C=O) groups is 1. The summed E-state index contributed by atoms with van der Waals surface area (Å²) in [6.45, 7) is 2.05. The maximum atomic E-state index is 12.4. The molecule has 0 spiro atoms. The van der Waals surface area contributed by atoms with Crippen LogP contribution in [0.2, 0.25) is 0 Å². The van der Waals surface area contributed by atoms with Gasteiger partial charge in [-0.1, -0.05) is 0 Å². The van der Waals surface area contributed by atoms with E-state index < -0.39 is 0 Å². The number of carbonyl (C=O) groups excluding carboxylic acids is 1. The average Bonchev–Trinajstić information content (AvgIpc) is 3.28. The zero-order valence-electron chi connectivity index (χ0n) is 16.2. The van der Waals surface area contributed by atoms with Crippen molar-refractivity contribution in [3.05, 3.63) is 70.5 Å². The molecule has 1 heterocycles. The Bertz CT molecular complexity index is 1100. The number of nitrogens with two attached hydrogens (primary N) is 1. The fourth-order valence-electron chi connectivity index (χ4n) is 3.79. The zero-order chi connectivity index (χ0) is 20.5. The number of nitrogens with one attached hydrogen (secondary N) is 2. The number of aromatic nitrogens is 2. The number of anilines is 1. The minimum Gasteiger partial charge on any atom is -0.508 e. The highest BCUT2D eigenvalue weighted by molar-refractivity contribution is 5.96. The molecule has 7 nitrogen and oxygen atoms in total. The first-order valence-electron chi connectivity index (χ1n) is 9.56. The fraction of sp³-hybridized carbons (Fsp3) is 0.227. The first kappa shape index (κ1) is 18.7. The lowest BCUT2D eigenvalue weighted by Gasteiger charge is -2.10. The Morgan fingerprint density at radius 1 is 1.24 bits per heavy atom. The topological polar surface area (TPSA) is 117 Å². The average molecular weight is 389 g/mol. The number of phenolic OH excluding ortho intramolecular Hbond substituents is 1. The van der Waals surface area contributed by atoms with Crippen molar-refractivity contribution in [2.45, 2.75) is 32.6 Å². The van der Waals surface area contributed by atoms with Crippen molar-refractivity contribution < 1.29 is 9.90 Å². The summed E-state index contributed by atoms with van der Waals surface area (Å²) in [5.41, 5.74) is 11.7. The number of hydrogen-bond donors (Lipinski definition) is 4. The van der Waals surface area contributed by atoms with E-state index in [4.69, 9.17) is 11.1 Å². The zero-order valence-corrected chi connectivity index (χ0v) is 16.2. The van der Waals surface area contributed by atoms with Crippen LogP contribution in [0.4, 0.5) is 5.69 Å². The van der Waals surface area contributed by atoms with Gasteiger partial charge in [0.2, 0.25) is 5.91 Å². The summed E-state index contributed by atoms with van der Waals surface area (Å²) < 4.78 is 1.99. The van der Waals surface area contributed by atoms with Gasteiger partial charge in [-0.05, 0) is 74.2 Å². The molecule has 0 bridgehead atoms. The molecule has 0 unspecified atom stereocenters. The van der Waals surface area contributed by atoms with Crippen molar-refractivity contribution in [3.63, 3.8) is 0 Å².